The Balaban J connectivity index is 1.57. The summed E-state index contributed by atoms with van der Waals surface area (Å²) in [6.45, 7) is 5.24. The summed E-state index contributed by atoms with van der Waals surface area (Å²) in [6, 6.07) is 9.57. The number of anilines is 1. The molecule has 1 saturated carbocycles. The molecule has 0 spiro atoms. The molecule has 2 aliphatic heterocycles. The first-order valence-corrected chi connectivity index (χ1v) is 8.04. The van der Waals surface area contributed by atoms with Gasteiger partial charge in [0.25, 0.3) is 0 Å². The number of rotatable bonds is 3. The zero-order valence-electron chi connectivity index (χ0n) is 12.1. The monoisotopic (exact) mass is 272 g/mol. The van der Waals surface area contributed by atoms with Crippen LogP contribution in [0.3, 0.4) is 0 Å². The molecule has 1 N–H and O–H groups in total. The van der Waals surface area contributed by atoms with Crippen LogP contribution in [0.5, 0.6) is 0 Å². The maximum Gasteiger partial charge on any atom is 0.0512 e. The van der Waals surface area contributed by atoms with Crippen LogP contribution in [-0.2, 0) is 11.3 Å². The second kappa shape index (κ2) is 5.38. The van der Waals surface area contributed by atoms with Crippen LogP contribution in [-0.4, -0.2) is 32.3 Å². The lowest BCUT2D eigenvalue weighted by molar-refractivity contribution is 0.186. The van der Waals surface area contributed by atoms with E-state index in [0.29, 0.717) is 12.0 Å². The Morgan fingerprint density at radius 3 is 2.90 bits per heavy atom. The van der Waals surface area contributed by atoms with Gasteiger partial charge >= 0.3 is 0 Å². The summed E-state index contributed by atoms with van der Waals surface area (Å²) in [4.78, 5) is 2.62. The first-order valence-electron chi connectivity index (χ1n) is 8.04. The molecule has 1 saturated heterocycles. The summed E-state index contributed by atoms with van der Waals surface area (Å²) in [6.07, 6.45) is 4.04. The third kappa shape index (κ3) is 2.57. The fourth-order valence-corrected chi connectivity index (χ4v) is 3.64. The first-order chi connectivity index (χ1) is 9.90. The van der Waals surface area contributed by atoms with Crippen LogP contribution in [0.4, 0.5) is 5.69 Å². The number of hydrogen-bond donors (Lipinski definition) is 1. The van der Waals surface area contributed by atoms with Crippen molar-refractivity contribution in [3.8, 4) is 0 Å². The first kappa shape index (κ1) is 12.7. The molecule has 2 atom stereocenters. The van der Waals surface area contributed by atoms with Crippen LogP contribution in [0.2, 0.25) is 0 Å². The minimum Gasteiger partial charge on any atom is -0.381 e. The minimum atomic E-state index is 0.671. The Morgan fingerprint density at radius 1 is 1.20 bits per heavy atom. The number of hydrogen-bond acceptors (Lipinski definition) is 3. The van der Waals surface area contributed by atoms with Crippen molar-refractivity contribution in [1.29, 1.82) is 0 Å². The van der Waals surface area contributed by atoms with Gasteiger partial charge in [-0.15, -0.1) is 0 Å². The molecule has 2 heterocycles. The average molecular weight is 272 g/mol. The number of fused-ring (bicyclic) bond motifs is 1. The molecule has 2 unspecified atom stereocenters. The lowest BCUT2D eigenvalue weighted by Crippen LogP contribution is -2.41. The van der Waals surface area contributed by atoms with E-state index < -0.39 is 0 Å². The van der Waals surface area contributed by atoms with E-state index in [0.717, 1.165) is 38.8 Å². The summed E-state index contributed by atoms with van der Waals surface area (Å²) >= 11 is 0. The predicted molar refractivity (Wildman–Crippen MR) is 80.9 cm³/mol. The van der Waals surface area contributed by atoms with Crippen molar-refractivity contribution < 1.29 is 4.74 Å². The van der Waals surface area contributed by atoms with Crippen molar-refractivity contribution in [2.24, 2.45) is 11.8 Å². The number of para-hydroxylation sites is 1. The van der Waals surface area contributed by atoms with Gasteiger partial charge in [0.2, 0.25) is 0 Å². The highest BCUT2D eigenvalue weighted by Gasteiger charge is 2.34. The van der Waals surface area contributed by atoms with Gasteiger partial charge in [0, 0.05) is 43.9 Å². The van der Waals surface area contributed by atoms with Crippen LogP contribution < -0.4 is 10.2 Å². The quantitative estimate of drug-likeness (QED) is 0.914. The van der Waals surface area contributed by atoms with Crippen LogP contribution in [0.25, 0.3) is 0 Å². The molecule has 20 heavy (non-hydrogen) atoms. The third-order valence-electron chi connectivity index (χ3n) is 5.00. The number of nitrogens with zero attached hydrogens (tertiary/aromatic N) is 1. The van der Waals surface area contributed by atoms with Gasteiger partial charge in [0.1, 0.15) is 0 Å². The molecule has 0 aromatic heterocycles. The van der Waals surface area contributed by atoms with Gasteiger partial charge in [-0.2, -0.15) is 0 Å². The van der Waals surface area contributed by atoms with Gasteiger partial charge in [0.15, 0.2) is 0 Å². The van der Waals surface area contributed by atoms with Crippen molar-refractivity contribution in [3.05, 3.63) is 29.8 Å². The van der Waals surface area contributed by atoms with Gasteiger partial charge in [-0.25, -0.2) is 0 Å². The summed E-state index contributed by atoms with van der Waals surface area (Å²) in [5.41, 5.74) is 2.89. The van der Waals surface area contributed by atoms with E-state index >= 15 is 0 Å². The fraction of sp³-hybridized carbons (Fsp3) is 0.647. The summed E-state index contributed by atoms with van der Waals surface area (Å²) < 4.78 is 5.56. The zero-order chi connectivity index (χ0) is 13.4. The predicted octanol–water partition coefficient (Wildman–Crippen LogP) is 2.41. The van der Waals surface area contributed by atoms with Crippen LogP contribution in [0.15, 0.2) is 24.3 Å². The van der Waals surface area contributed by atoms with Crippen molar-refractivity contribution in [2.75, 3.05) is 31.2 Å². The number of ether oxygens (including phenoxy) is 1. The second-order valence-corrected chi connectivity index (χ2v) is 6.59. The van der Waals surface area contributed by atoms with E-state index in [1.165, 1.54) is 30.5 Å². The SMILES string of the molecule is c1ccc2c(c1)CNC(C1CC1)CN2CC1CCOC1. The van der Waals surface area contributed by atoms with E-state index in [2.05, 4.69) is 34.5 Å². The Bertz CT molecular complexity index is 466. The molecule has 108 valence electrons. The van der Waals surface area contributed by atoms with Crippen molar-refractivity contribution in [3.63, 3.8) is 0 Å². The largest absolute Gasteiger partial charge is 0.381 e. The van der Waals surface area contributed by atoms with Crippen molar-refractivity contribution in [2.45, 2.75) is 31.8 Å². The second-order valence-electron chi connectivity index (χ2n) is 6.59. The maximum absolute atomic E-state index is 5.56. The van der Waals surface area contributed by atoms with Gasteiger partial charge in [-0.05, 0) is 36.8 Å². The van der Waals surface area contributed by atoms with Gasteiger partial charge in [0.05, 0.1) is 6.61 Å². The number of nitrogens with one attached hydrogen (secondary N) is 1. The van der Waals surface area contributed by atoms with E-state index in [1.807, 2.05) is 0 Å². The molecule has 2 fully saturated rings. The zero-order valence-corrected chi connectivity index (χ0v) is 12.1. The molecule has 1 aromatic rings. The Hall–Kier alpha value is -1.06. The highest BCUT2D eigenvalue weighted by molar-refractivity contribution is 5.54. The van der Waals surface area contributed by atoms with Crippen LogP contribution >= 0.6 is 0 Å². The summed E-state index contributed by atoms with van der Waals surface area (Å²) in [5, 5.41) is 3.78. The molecule has 0 bridgehead atoms. The molecule has 0 amide bonds. The van der Waals surface area contributed by atoms with Gasteiger partial charge < -0.3 is 15.0 Å². The van der Waals surface area contributed by atoms with Gasteiger partial charge in [-0.3, -0.25) is 0 Å². The number of benzene rings is 1. The molecule has 4 rings (SSSR count). The Labute approximate surface area is 121 Å². The standard InChI is InChI=1S/C17H24N2O/c1-2-4-17-15(3-1)9-18-16(14-5-6-14)11-19(17)10-13-7-8-20-12-13/h1-4,13-14,16,18H,5-12H2. The Morgan fingerprint density at radius 2 is 2.10 bits per heavy atom. The maximum atomic E-state index is 5.56. The smallest absolute Gasteiger partial charge is 0.0512 e. The molecule has 1 aromatic carbocycles. The lowest BCUT2D eigenvalue weighted by Gasteiger charge is -2.29. The highest BCUT2D eigenvalue weighted by Crippen LogP contribution is 2.36. The third-order valence-corrected chi connectivity index (χ3v) is 5.00. The van der Waals surface area contributed by atoms with Crippen molar-refractivity contribution >= 4 is 5.69 Å². The van der Waals surface area contributed by atoms with Crippen molar-refractivity contribution in [1.82, 2.24) is 5.32 Å². The van der Waals surface area contributed by atoms with Crippen LogP contribution in [0.1, 0.15) is 24.8 Å². The topological polar surface area (TPSA) is 24.5 Å². The Kier molecular flexibility index (Phi) is 3.41. The normalized spacial score (nSPS) is 30.1. The lowest BCUT2D eigenvalue weighted by atomic mass is 10.1. The molecular weight excluding hydrogens is 248 g/mol. The molecule has 3 aliphatic rings. The fourth-order valence-electron chi connectivity index (χ4n) is 3.64. The highest BCUT2D eigenvalue weighted by atomic mass is 16.5. The summed E-state index contributed by atoms with van der Waals surface area (Å²) in [5.74, 6) is 1.62. The minimum absolute atomic E-state index is 0.671. The molecular formula is C17H24N2O. The molecule has 3 heteroatoms. The van der Waals surface area contributed by atoms with E-state index in [1.54, 1.807) is 0 Å². The molecule has 1 aliphatic carbocycles. The van der Waals surface area contributed by atoms with E-state index in [9.17, 15) is 0 Å². The van der Waals surface area contributed by atoms with E-state index in [4.69, 9.17) is 4.74 Å². The van der Waals surface area contributed by atoms with E-state index in [-0.39, 0.29) is 0 Å². The molecule has 3 nitrogen and oxygen atoms in total. The average Bonchev–Trinajstić information content (AvgIpc) is 3.22. The van der Waals surface area contributed by atoms with Crippen LogP contribution in [0, 0.1) is 11.8 Å². The van der Waals surface area contributed by atoms with Gasteiger partial charge in [-0.1, -0.05) is 18.2 Å². The molecule has 0 radical (unpaired) electrons. The summed E-state index contributed by atoms with van der Waals surface area (Å²) in [7, 11) is 0.